The molecular weight excluding hydrogens is 188 g/mol. The average molecular weight is 201 g/mol. The van der Waals surface area contributed by atoms with E-state index in [0.29, 0.717) is 5.88 Å². The number of halogens is 1. The number of rotatable bonds is 4. The minimum absolute atomic E-state index is 0.191. The van der Waals surface area contributed by atoms with Crippen LogP contribution in [0.5, 0.6) is 0 Å². The molecule has 3 heteroatoms. The summed E-state index contributed by atoms with van der Waals surface area (Å²) in [5.41, 5.74) is 0. The third-order valence-electron chi connectivity index (χ3n) is 1.43. The van der Waals surface area contributed by atoms with Gasteiger partial charge in [-0.1, -0.05) is 19.9 Å². The maximum Gasteiger partial charge on any atom is 0.384 e. The molecule has 0 heterocycles. The van der Waals surface area contributed by atoms with Gasteiger partial charge >= 0.3 is 5.97 Å². The zero-order valence-electron chi connectivity index (χ0n) is 7.79. The number of hydrogen-bond donors (Lipinski definition) is 0. The van der Waals surface area contributed by atoms with Gasteiger partial charge in [0.25, 0.3) is 0 Å². The quantitative estimate of drug-likeness (QED) is 0.228. The van der Waals surface area contributed by atoms with Crippen LogP contribution in [0, 0.1) is 18.3 Å². The van der Waals surface area contributed by atoms with Crippen molar-refractivity contribution in [2.75, 3.05) is 5.88 Å². The maximum absolute atomic E-state index is 10.8. The number of carbonyl (C=O) groups excluding carboxylic acids is 1. The van der Waals surface area contributed by atoms with Crippen LogP contribution in [0.15, 0.2) is 12.2 Å². The lowest BCUT2D eigenvalue weighted by atomic mass is 10.1. The summed E-state index contributed by atoms with van der Waals surface area (Å²) in [7, 11) is 0. The van der Waals surface area contributed by atoms with Crippen molar-refractivity contribution in [3.8, 4) is 12.3 Å². The van der Waals surface area contributed by atoms with E-state index in [0.717, 1.165) is 0 Å². The first kappa shape index (κ1) is 12.1. The Labute approximate surface area is 83.9 Å². The number of hydrogen-bond acceptors (Lipinski definition) is 2. The highest BCUT2D eigenvalue weighted by atomic mass is 35.5. The molecule has 0 saturated heterocycles. The Morgan fingerprint density at radius 3 is 2.69 bits per heavy atom. The summed E-state index contributed by atoms with van der Waals surface area (Å²) >= 11 is 5.45. The van der Waals surface area contributed by atoms with Gasteiger partial charge < -0.3 is 4.74 Å². The molecule has 0 aromatic rings. The van der Waals surface area contributed by atoms with Crippen molar-refractivity contribution < 1.29 is 9.53 Å². The second-order valence-electron chi connectivity index (χ2n) is 2.84. The molecule has 1 unspecified atom stereocenters. The van der Waals surface area contributed by atoms with Gasteiger partial charge in [0.2, 0.25) is 0 Å². The lowest BCUT2D eigenvalue weighted by Gasteiger charge is -2.15. The van der Waals surface area contributed by atoms with E-state index in [1.54, 1.807) is 12.2 Å². The number of carbonyl (C=O) groups is 1. The van der Waals surface area contributed by atoms with Gasteiger partial charge in [0.1, 0.15) is 6.10 Å². The smallest absolute Gasteiger partial charge is 0.384 e. The monoisotopic (exact) mass is 200 g/mol. The van der Waals surface area contributed by atoms with Crippen LogP contribution in [0.25, 0.3) is 0 Å². The first-order valence-electron chi connectivity index (χ1n) is 4.01. The molecule has 2 nitrogen and oxygen atoms in total. The van der Waals surface area contributed by atoms with Crippen LogP contribution in [0.3, 0.4) is 0 Å². The third kappa shape index (κ3) is 5.32. The Kier molecular flexibility index (Phi) is 6.09. The lowest BCUT2D eigenvalue weighted by Crippen LogP contribution is -2.20. The summed E-state index contributed by atoms with van der Waals surface area (Å²) < 4.78 is 4.94. The largest absolute Gasteiger partial charge is 0.448 e. The Hall–Kier alpha value is -0.940. The summed E-state index contributed by atoms with van der Waals surface area (Å²) in [6.45, 7) is 3.88. The summed E-state index contributed by atoms with van der Waals surface area (Å²) in [6, 6.07) is 0. The molecule has 0 aromatic heterocycles. The van der Waals surface area contributed by atoms with E-state index in [1.807, 2.05) is 19.8 Å². The first-order chi connectivity index (χ1) is 6.11. The van der Waals surface area contributed by atoms with Gasteiger partial charge in [-0.25, -0.2) is 4.79 Å². The molecule has 0 radical (unpaired) electrons. The second-order valence-corrected chi connectivity index (χ2v) is 3.15. The number of esters is 1. The Bertz CT molecular complexity index is 226. The SMILES string of the molecule is C#CC(=O)OC(/C=C\CCl)C(C)C. The van der Waals surface area contributed by atoms with E-state index >= 15 is 0 Å². The molecule has 1 atom stereocenters. The van der Waals surface area contributed by atoms with Crippen LogP contribution in [0.1, 0.15) is 13.8 Å². The van der Waals surface area contributed by atoms with E-state index in [9.17, 15) is 4.79 Å². The van der Waals surface area contributed by atoms with Crippen molar-refractivity contribution in [1.29, 1.82) is 0 Å². The molecule has 0 aromatic carbocycles. The highest BCUT2D eigenvalue weighted by Gasteiger charge is 2.13. The van der Waals surface area contributed by atoms with Gasteiger partial charge in [0.15, 0.2) is 0 Å². The van der Waals surface area contributed by atoms with Gasteiger partial charge in [0.05, 0.1) is 0 Å². The molecule has 0 spiro atoms. The van der Waals surface area contributed by atoms with Crippen molar-refractivity contribution in [2.45, 2.75) is 20.0 Å². The molecule has 0 fully saturated rings. The molecule has 0 N–H and O–H groups in total. The Balaban J connectivity index is 4.20. The standard InChI is InChI=1S/C10H13ClO2/c1-4-10(12)13-9(8(2)3)6-5-7-11/h1,5-6,8-9H,7H2,2-3H3/b6-5-. The van der Waals surface area contributed by atoms with Crippen molar-refractivity contribution in [3.05, 3.63) is 12.2 Å². The topological polar surface area (TPSA) is 26.3 Å². The van der Waals surface area contributed by atoms with Crippen molar-refractivity contribution in [2.24, 2.45) is 5.92 Å². The number of alkyl halides is 1. The molecule has 0 rings (SSSR count). The molecule has 0 aliphatic rings. The van der Waals surface area contributed by atoms with E-state index in [-0.39, 0.29) is 12.0 Å². The number of terminal acetylenes is 1. The van der Waals surface area contributed by atoms with Crippen LogP contribution in [-0.4, -0.2) is 18.0 Å². The molecular formula is C10H13ClO2. The molecule has 0 amide bonds. The third-order valence-corrected chi connectivity index (χ3v) is 1.61. The lowest BCUT2D eigenvalue weighted by molar-refractivity contribution is -0.141. The fourth-order valence-corrected chi connectivity index (χ4v) is 0.844. The van der Waals surface area contributed by atoms with Gasteiger partial charge in [-0.15, -0.1) is 18.0 Å². The van der Waals surface area contributed by atoms with Crippen LogP contribution >= 0.6 is 11.6 Å². The van der Waals surface area contributed by atoms with Crippen molar-refractivity contribution >= 4 is 17.6 Å². The number of ether oxygens (including phenoxy) is 1. The maximum atomic E-state index is 10.8. The van der Waals surface area contributed by atoms with Crippen molar-refractivity contribution in [1.82, 2.24) is 0 Å². The van der Waals surface area contributed by atoms with E-state index in [4.69, 9.17) is 22.8 Å². The molecule has 0 aliphatic carbocycles. The fraction of sp³-hybridized carbons (Fsp3) is 0.500. The van der Waals surface area contributed by atoms with Gasteiger partial charge in [-0.2, -0.15) is 0 Å². The number of allylic oxidation sites excluding steroid dienone is 1. The zero-order valence-corrected chi connectivity index (χ0v) is 8.54. The fourth-order valence-electron chi connectivity index (χ4n) is 0.741. The minimum atomic E-state index is -0.641. The molecule has 13 heavy (non-hydrogen) atoms. The minimum Gasteiger partial charge on any atom is -0.448 e. The summed E-state index contributed by atoms with van der Waals surface area (Å²) in [4.78, 5) is 10.8. The highest BCUT2D eigenvalue weighted by molar-refractivity contribution is 6.18. The van der Waals surface area contributed by atoms with E-state index in [1.165, 1.54) is 0 Å². The van der Waals surface area contributed by atoms with E-state index < -0.39 is 5.97 Å². The summed E-state index contributed by atoms with van der Waals surface area (Å²) in [6.07, 6.45) is 8.06. The van der Waals surface area contributed by atoms with Gasteiger partial charge in [-0.3, -0.25) is 0 Å². The van der Waals surface area contributed by atoms with Crippen molar-refractivity contribution in [3.63, 3.8) is 0 Å². The van der Waals surface area contributed by atoms with Gasteiger partial charge in [-0.05, 0) is 12.0 Å². The predicted octanol–water partition coefficient (Wildman–Crippen LogP) is 1.98. The first-order valence-corrected chi connectivity index (χ1v) is 4.55. The van der Waals surface area contributed by atoms with Crippen LogP contribution in [-0.2, 0) is 9.53 Å². The second kappa shape index (κ2) is 6.56. The average Bonchev–Trinajstić information content (AvgIpc) is 2.11. The molecule has 0 saturated carbocycles. The normalized spacial score (nSPS) is 12.8. The summed E-state index contributed by atoms with van der Waals surface area (Å²) in [5, 5.41) is 0. The predicted molar refractivity (Wildman–Crippen MR) is 53.4 cm³/mol. The Morgan fingerprint density at radius 2 is 2.31 bits per heavy atom. The van der Waals surface area contributed by atoms with Crippen LogP contribution in [0.4, 0.5) is 0 Å². The molecule has 72 valence electrons. The highest BCUT2D eigenvalue weighted by Crippen LogP contribution is 2.08. The van der Waals surface area contributed by atoms with E-state index in [2.05, 4.69) is 0 Å². The summed E-state index contributed by atoms with van der Waals surface area (Å²) in [5.74, 6) is 1.85. The molecule has 0 aliphatic heterocycles. The Morgan fingerprint density at radius 1 is 1.69 bits per heavy atom. The molecule has 0 bridgehead atoms. The van der Waals surface area contributed by atoms with Crippen LogP contribution in [0.2, 0.25) is 0 Å². The zero-order chi connectivity index (χ0) is 10.3. The van der Waals surface area contributed by atoms with Crippen LogP contribution < -0.4 is 0 Å². The van der Waals surface area contributed by atoms with Gasteiger partial charge in [0, 0.05) is 11.8 Å².